The SMILES string of the molecule is COPOC(=O)CN. The van der Waals surface area contributed by atoms with Crippen molar-refractivity contribution in [1.29, 1.82) is 0 Å². The number of carbonyl (C=O) groups is 1. The molecule has 48 valence electrons. The first-order valence-electron chi connectivity index (χ1n) is 1.99. The summed E-state index contributed by atoms with van der Waals surface area (Å²) in [5.74, 6) is -0.440. The van der Waals surface area contributed by atoms with Crippen LogP contribution < -0.4 is 5.73 Å². The molecule has 0 amide bonds. The van der Waals surface area contributed by atoms with Gasteiger partial charge >= 0.3 is 5.97 Å². The highest BCUT2D eigenvalue weighted by Gasteiger charge is 1.94. The Morgan fingerprint density at radius 1 is 1.88 bits per heavy atom. The van der Waals surface area contributed by atoms with Gasteiger partial charge in [-0.05, 0) is 0 Å². The van der Waals surface area contributed by atoms with Gasteiger partial charge in [0.05, 0.1) is 6.54 Å². The molecule has 0 aromatic heterocycles. The highest BCUT2D eigenvalue weighted by molar-refractivity contribution is 7.26. The molecule has 5 heteroatoms. The van der Waals surface area contributed by atoms with E-state index in [9.17, 15) is 4.79 Å². The zero-order valence-electron chi connectivity index (χ0n) is 4.51. The van der Waals surface area contributed by atoms with Crippen molar-refractivity contribution in [3.8, 4) is 0 Å². The summed E-state index contributed by atoms with van der Waals surface area (Å²) in [7, 11) is 1.22. The van der Waals surface area contributed by atoms with Crippen molar-refractivity contribution in [3.05, 3.63) is 0 Å². The summed E-state index contributed by atoms with van der Waals surface area (Å²) in [6.07, 6.45) is 0. The molecule has 0 aliphatic heterocycles. The molecule has 0 rings (SSSR count). The van der Waals surface area contributed by atoms with Crippen LogP contribution in [0, 0.1) is 0 Å². The first-order valence-corrected chi connectivity index (χ1v) is 2.80. The second kappa shape index (κ2) is 4.97. The molecule has 0 aliphatic rings. The molecule has 0 aliphatic carbocycles. The molecule has 0 fully saturated rings. The van der Waals surface area contributed by atoms with Crippen molar-refractivity contribution in [2.45, 2.75) is 0 Å². The lowest BCUT2D eigenvalue weighted by molar-refractivity contribution is -0.132. The lowest BCUT2D eigenvalue weighted by Crippen LogP contribution is -2.13. The predicted molar refractivity (Wildman–Crippen MR) is 30.5 cm³/mol. The third-order valence-corrected chi connectivity index (χ3v) is 0.883. The molecule has 2 N–H and O–H groups in total. The molecule has 8 heavy (non-hydrogen) atoms. The highest BCUT2D eigenvalue weighted by atomic mass is 31.1. The van der Waals surface area contributed by atoms with Crippen LogP contribution in [0.15, 0.2) is 0 Å². The maximum atomic E-state index is 10.2. The first kappa shape index (κ1) is 7.82. The Morgan fingerprint density at radius 3 is 2.88 bits per heavy atom. The normalized spacial score (nSPS) is 10.2. The average Bonchev–Trinajstić information content (AvgIpc) is 1.83. The van der Waals surface area contributed by atoms with Gasteiger partial charge in [0.25, 0.3) is 0 Å². The Labute approximate surface area is 49.3 Å². The van der Waals surface area contributed by atoms with Crippen LogP contribution in [0.3, 0.4) is 0 Å². The quantitative estimate of drug-likeness (QED) is 0.539. The van der Waals surface area contributed by atoms with Crippen molar-refractivity contribution in [2.75, 3.05) is 13.7 Å². The monoisotopic (exact) mass is 137 g/mol. The van der Waals surface area contributed by atoms with Gasteiger partial charge in [-0.15, -0.1) is 0 Å². The molecule has 0 radical (unpaired) electrons. The van der Waals surface area contributed by atoms with E-state index in [1.165, 1.54) is 7.11 Å². The lowest BCUT2D eigenvalue weighted by atomic mass is 10.7. The summed E-state index contributed by atoms with van der Waals surface area (Å²) >= 11 is 0. The van der Waals surface area contributed by atoms with Crippen LogP contribution in [0.4, 0.5) is 0 Å². The summed E-state index contributed by atoms with van der Waals surface area (Å²) in [5, 5.41) is 0. The van der Waals surface area contributed by atoms with E-state index in [2.05, 4.69) is 9.05 Å². The summed E-state index contributed by atoms with van der Waals surface area (Å²) in [4.78, 5) is 10.2. The van der Waals surface area contributed by atoms with Crippen molar-refractivity contribution < 1.29 is 13.8 Å². The summed E-state index contributed by atoms with van der Waals surface area (Å²) in [6.45, 7) is -0.0869. The van der Waals surface area contributed by atoms with Gasteiger partial charge in [0.15, 0.2) is 0 Å². The Kier molecular flexibility index (Phi) is 4.85. The largest absolute Gasteiger partial charge is 0.419 e. The minimum atomic E-state index is -0.440. The van der Waals surface area contributed by atoms with E-state index >= 15 is 0 Å². The molecule has 0 saturated carbocycles. The van der Waals surface area contributed by atoms with Crippen LogP contribution in [0.5, 0.6) is 0 Å². The maximum absolute atomic E-state index is 10.2. The second-order valence-electron chi connectivity index (χ2n) is 0.966. The van der Waals surface area contributed by atoms with Crippen LogP contribution in [0.1, 0.15) is 0 Å². The van der Waals surface area contributed by atoms with Crippen molar-refractivity contribution >= 4 is 15.0 Å². The smallest absolute Gasteiger partial charge is 0.324 e. The molecular formula is C3H8NO3P. The average molecular weight is 137 g/mol. The number of hydrogen-bond acceptors (Lipinski definition) is 4. The van der Waals surface area contributed by atoms with Gasteiger partial charge in [0.1, 0.15) is 0 Å². The van der Waals surface area contributed by atoms with E-state index in [0.717, 1.165) is 0 Å². The lowest BCUT2D eigenvalue weighted by Gasteiger charge is -1.96. The van der Waals surface area contributed by atoms with E-state index in [-0.39, 0.29) is 15.6 Å². The van der Waals surface area contributed by atoms with Gasteiger partial charge in [0, 0.05) is 7.11 Å². The Morgan fingerprint density at radius 2 is 2.50 bits per heavy atom. The first-order chi connectivity index (χ1) is 3.81. The Balaban J connectivity index is 2.99. The number of rotatable bonds is 3. The number of carbonyl (C=O) groups excluding carboxylic acids is 1. The van der Waals surface area contributed by atoms with Gasteiger partial charge in [-0.2, -0.15) is 0 Å². The standard InChI is InChI=1S/C3H8NO3P/c1-6-8-7-3(5)2-4/h8H,2,4H2,1H3. The fourth-order valence-corrected chi connectivity index (χ4v) is 0.389. The molecule has 0 bridgehead atoms. The highest BCUT2D eigenvalue weighted by Crippen LogP contribution is 2.09. The molecule has 0 saturated heterocycles. The maximum Gasteiger partial charge on any atom is 0.324 e. The third-order valence-electron chi connectivity index (χ3n) is 0.406. The Hall–Kier alpha value is -0.180. The topological polar surface area (TPSA) is 61.5 Å². The molecule has 0 aromatic rings. The van der Waals surface area contributed by atoms with Crippen LogP contribution >= 0.6 is 9.03 Å². The van der Waals surface area contributed by atoms with E-state index in [1.54, 1.807) is 0 Å². The minimum absolute atomic E-state index is 0.0869. The molecular weight excluding hydrogens is 129 g/mol. The molecule has 1 atom stereocenters. The third kappa shape index (κ3) is 3.99. The molecule has 4 nitrogen and oxygen atoms in total. The van der Waals surface area contributed by atoms with Crippen molar-refractivity contribution in [2.24, 2.45) is 5.73 Å². The zero-order valence-corrected chi connectivity index (χ0v) is 5.51. The molecule has 0 aromatic carbocycles. The van der Waals surface area contributed by atoms with Crippen LogP contribution in [-0.4, -0.2) is 19.6 Å². The van der Waals surface area contributed by atoms with E-state index in [4.69, 9.17) is 5.73 Å². The van der Waals surface area contributed by atoms with Gasteiger partial charge in [-0.1, -0.05) is 0 Å². The fourth-order valence-electron chi connectivity index (χ4n) is 0.130. The summed E-state index contributed by atoms with van der Waals surface area (Å²) in [5.41, 5.74) is 4.89. The zero-order chi connectivity index (χ0) is 6.41. The molecule has 0 spiro atoms. The van der Waals surface area contributed by atoms with Gasteiger partial charge in [-0.3, -0.25) is 4.79 Å². The van der Waals surface area contributed by atoms with E-state index in [0.29, 0.717) is 0 Å². The Bertz CT molecular complexity index is 76.9. The van der Waals surface area contributed by atoms with Crippen LogP contribution in [0.25, 0.3) is 0 Å². The van der Waals surface area contributed by atoms with E-state index in [1.807, 2.05) is 0 Å². The predicted octanol–water partition coefficient (Wildman–Crippen LogP) is -0.357. The number of hydrogen-bond donors (Lipinski definition) is 1. The van der Waals surface area contributed by atoms with Crippen molar-refractivity contribution in [1.82, 2.24) is 0 Å². The van der Waals surface area contributed by atoms with E-state index < -0.39 is 5.97 Å². The van der Waals surface area contributed by atoms with Gasteiger partial charge < -0.3 is 14.8 Å². The fraction of sp³-hybridized carbons (Fsp3) is 0.667. The van der Waals surface area contributed by atoms with Gasteiger partial charge in [-0.25, -0.2) is 0 Å². The molecule has 1 unspecified atom stereocenters. The minimum Gasteiger partial charge on any atom is -0.419 e. The number of nitrogens with two attached hydrogens (primary N) is 1. The van der Waals surface area contributed by atoms with Crippen LogP contribution in [-0.2, 0) is 13.8 Å². The second-order valence-corrected chi connectivity index (χ2v) is 1.74. The van der Waals surface area contributed by atoms with Crippen LogP contribution in [0.2, 0.25) is 0 Å². The molecule has 0 heterocycles. The van der Waals surface area contributed by atoms with Gasteiger partial charge in [0.2, 0.25) is 9.03 Å². The van der Waals surface area contributed by atoms with Crippen molar-refractivity contribution in [3.63, 3.8) is 0 Å². The summed E-state index contributed by atoms with van der Waals surface area (Å²) in [6, 6.07) is 0. The summed E-state index contributed by atoms with van der Waals surface area (Å²) < 4.78 is 8.83.